The minimum atomic E-state index is 0. The summed E-state index contributed by atoms with van der Waals surface area (Å²) >= 11 is 0. The minimum absolute atomic E-state index is 0. The Labute approximate surface area is 140 Å². The fourth-order valence-corrected chi connectivity index (χ4v) is 1.90. The number of ether oxygens (including phenoxy) is 1. The van der Waals surface area contributed by atoms with Gasteiger partial charge in [0.2, 0.25) is 5.91 Å². The van der Waals surface area contributed by atoms with Crippen LogP contribution in [-0.2, 0) is 11.2 Å². The number of likely N-dealkylation sites (N-methyl/N-ethyl adjacent to an activating group) is 1. The van der Waals surface area contributed by atoms with Crippen LogP contribution < -0.4 is 15.4 Å². The van der Waals surface area contributed by atoms with Crippen molar-refractivity contribution in [3.05, 3.63) is 29.8 Å². The van der Waals surface area contributed by atoms with Crippen LogP contribution in [0, 0.1) is 5.92 Å². The molecule has 126 valence electrons. The van der Waals surface area contributed by atoms with Crippen LogP contribution in [0.1, 0.15) is 33.3 Å². The Morgan fingerprint density at radius 2 is 1.82 bits per heavy atom. The third-order valence-corrected chi connectivity index (χ3v) is 3.03. The lowest BCUT2D eigenvalue weighted by Gasteiger charge is -2.13. The van der Waals surface area contributed by atoms with Crippen LogP contribution in [0.2, 0.25) is 0 Å². The predicted molar refractivity (Wildman–Crippen MR) is 93.9 cm³/mol. The highest BCUT2D eigenvalue weighted by Crippen LogP contribution is 2.13. The van der Waals surface area contributed by atoms with Gasteiger partial charge in [-0.05, 0) is 37.1 Å². The van der Waals surface area contributed by atoms with Crippen molar-refractivity contribution in [3.8, 4) is 5.75 Å². The summed E-state index contributed by atoms with van der Waals surface area (Å²) in [5, 5.41) is 6.20. The van der Waals surface area contributed by atoms with E-state index in [9.17, 15) is 4.79 Å². The molecule has 0 bridgehead atoms. The molecule has 0 aliphatic carbocycles. The first-order chi connectivity index (χ1) is 10.0. The summed E-state index contributed by atoms with van der Waals surface area (Å²) in [5.74, 6) is 1.42. The monoisotopic (exact) mass is 328 g/mol. The van der Waals surface area contributed by atoms with Gasteiger partial charge in [-0.2, -0.15) is 0 Å². The molecule has 2 N–H and O–H groups in total. The summed E-state index contributed by atoms with van der Waals surface area (Å²) in [4.78, 5) is 11.9. The summed E-state index contributed by atoms with van der Waals surface area (Å²) in [5.41, 5.74) is 1.00. The molecular weight excluding hydrogens is 300 g/mol. The fraction of sp³-hybridized carbons (Fsp3) is 0.588. The van der Waals surface area contributed by atoms with E-state index >= 15 is 0 Å². The Balaban J connectivity index is 0.00000441. The zero-order valence-electron chi connectivity index (χ0n) is 14.0. The first kappa shape index (κ1) is 20.7. The lowest BCUT2D eigenvalue weighted by molar-refractivity contribution is -0.120. The number of amides is 1. The summed E-state index contributed by atoms with van der Waals surface area (Å²) in [6, 6.07) is 8.04. The Bertz CT molecular complexity index is 421. The third-order valence-electron chi connectivity index (χ3n) is 3.03. The molecule has 22 heavy (non-hydrogen) atoms. The molecule has 1 atom stereocenters. The number of rotatable bonds is 9. The average Bonchev–Trinajstić information content (AvgIpc) is 2.45. The standard InChI is InChI=1S/C17H28N2O2.ClH/c1-5-18-14(4)11-19-17(20)10-15-6-8-16(9-7-15)21-12-13(2)3;/h6-9,13-14,18H,5,10-12H2,1-4H3,(H,19,20);1H/t14-;/m1./s1. The third kappa shape index (κ3) is 8.90. The normalized spacial score (nSPS) is 11.7. The van der Waals surface area contributed by atoms with Crippen LogP contribution in [0.3, 0.4) is 0 Å². The smallest absolute Gasteiger partial charge is 0.224 e. The van der Waals surface area contributed by atoms with Gasteiger partial charge in [0.05, 0.1) is 13.0 Å². The SMILES string of the molecule is CCN[C@H](C)CNC(=O)Cc1ccc(OCC(C)C)cc1.Cl. The maximum absolute atomic E-state index is 11.9. The van der Waals surface area contributed by atoms with Crippen LogP contribution >= 0.6 is 12.4 Å². The molecule has 0 radical (unpaired) electrons. The highest BCUT2D eigenvalue weighted by atomic mass is 35.5. The van der Waals surface area contributed by atoms with Crippen molar-refractivity contribution in [2.75, 3.05) is 19.7 Å². The summed E-state index contributed by atoms with van der Waals surface area (Å²) in [6.45, 7) is 10.6. The van der Waals surface area contributed by atoms with E-state index in [0.717, 1.165) is 17.9 Å². The van der Waals surface area contributed by atoms with Gasteiger partial charge in [0.1, 0.15) is 5.75 Å². The molecule has 1 aromatic rings. The van der Waals surface area contributed by atoms with Crippen LogP contribution in [-0.4, -0.2) is 31.6 Å². The van der Waals surface area contributed by atoms with Gasteiger partial charge in [0.25, 0.3) is 0 Å². The summed E-state index contributed by atoms with van der Waals surface area (Å²) < 4.78 is 5.62. The molecular formula is C17H29ClN2O2. The molecule has 0 spiro atoms. The molecule has 1 aromatic carbocycles. The number of hydrogen-bond acceptors (Lipinski definition) is 3. The number of hydrogen-bond donors (Lipinski definition) is 2. The molecule has 0 fully saturated rings. The molecule has 0 heterocycles. The van der Waals surface area contributed by atoms with Crippen molar-refractivity contribution in [2.24, 2.45) is 5.92 Å². The molecule has 1 rings (SSSR count). The van der Waals surface area contributed by atoms with Crippen molar-refractivity contribution in [2.45, 2.75) is 40.2 Å². The van der Waals surface area contributed by atoms with Crippen molar-refractivity contribution in [3.63, 3.8) is 0 Å². The second kappa shape index (κ2) is 11.3. The lowest BCUT2D eigenvalue weighted by atomic mass is 10.1. The van der Waals surface area contributed by atoms with E-state index in [1.54, 1.807) is 0 Å². The molecule has 0 aliphatic heterocycles. The zero-order valence-corrected chi connectivity index (χ0v) is 14.8. The number of benzene rings is 1. The Morgan fingerprint density at radius 1 is 1.18 bits per heavy atom. The topological polar surface area (TPSA) is 50.4 Å². The van der Waals surface area contributed by atoms with E-state index in [0.29, 0.717) is 31.5 Å². The molecule has 0 aromatic heterocycles. The Morgan fingerprint density at radius 3 is 2.36 bits per heavy atom. The van der Waals surface area contributed by atoms with Crippen molar-refractivity contribution < 1.29 is 9.53 Å². The maximum Gasteiger partial charge on any atom is 0.224 e. The molecule has 5 heteroatoms. The predicted octanol–water partition coefficient (Wildman–Crippen LogP) is 2.80. The zero-order chi connectivity index (χ0) is 15.7. The van der Waals surface area contributed by atoms with Crippen LogP contribution in [0.15, 0.2) is 24.3 Å². The van der Waals surface area contributed by atoms with Crippen molar-refractivity contribution in [1.82, 2.24) is 10.6 Å². The second-order valence-electron chi connectivity index (χ2n) is 5.79. The van der Waals surface area contributed by atoms with Crippen molar-refractivity contribution >= 4 is 18.3 Å². The molecule has 0 saturated carbocycles. The Kier molecular flexibility index (Phi) is 10.7. The molecule has 0 unspecified atom stereocenters. The molecule has 0 saturated heterocycles. The molecule has 1 amide bonds. The van der Waals surface area contributed by atoms with Gasteiger partial charge in [0.15, 0.2) is 0 Å². The summed E-state index contributed by atoms with van der Waals surface area (Å²) in [7, 11) is 0. The minimum Gasteiger partial charge on any atom is -0.493 e. The van der Waals surface area contributed by atoms with Gasteiger partial charge in [-0.3, -0.25) is 4.79 Å². The largest absolute Gasteiger partial charge is 0.493 e. The number of carbonyl (C=O) groups is 1. The van der Waals surface area contributed by atoms with E-state index in [-0.39, 0.29) is 18.3 Å². The maximum atomic E-state index is 11.9. The highest BCUT2D eigenvalue weighted by molar-refractivity contribution is 5.85. The van der Waals surface area contributed by atoms with E-state index in [4.69, 9.17) is 4.74 Å². The summed E-state index contributed by atoms with van der Waals surface area (Å²) in [6.07, 6.45) is 0.406. The van der Waals surface area contributed by atoms with E-state index in [1.807, 2.05) is 24.3 Å². The first-order valence-electron chi connectivity index (χ1n) is 7.73. The molecule has 4 nitrogen and oxygen atoms in total. The van der Waals surface area contributed by atoms with Crippen LogP contribution in [0.4, 0.5) is 0 Å². The molecule has 0 aliphatic rings. The van der Waals surface area contributed by atoms with Crippen LogP contribution in [0.5, 0.6) is 5.75 Å². The van der Waals surface area contributed by atoms with Gasteiger partial charge in [-0.25, -0.2) is 0 Å². The van der Waals surface area contributed by atoms with Crippen molar-refractivity contribution in [1.29, 1.82) is 0 Å². The van der Waals surface area contributed by atoms with E-state index < -0.39 is 0 Å². The van der Waals surface area contributed by atoms with E-state index in [2.05, 4.69) is 38.3 Å². The first-order valence-corrected chi connectivity index (χ1v) is 7.73. The van der Waals surface area contributed by atoms with Crippen LogP contribution in [0.25, 0.3) is 0 Å². The number of carbonyl (C=O) groups excluding carboxylic acids is 1. The van der Waals surface area contributed by atoms with Gasteiger partial charge in [-0.15, -0.1) is 12.4 Å². The van der Waals surface area contributed by atoms with Gasteiger partial charge in [-0.1, -0.05) is 32.9 Å². The fourth-order valence-electron chi connectivity index (χ4n) is 1.90. The lowest BCUT2D eigenvalue weighted by Crippen LogP contribution is -2.39. The quantitative estimate of drug-likeness (QED) is 0.733. The second-order valence-corrected chi connectivity index (χ2v) is 5.79. The average molecular weight is 329 g/mol. The van der Waals surface area contributed by atoms with Gasteiger partial charge < -0.3 is 15.4 Å². The highest BCUT2D eigenvalue weighted by Gasteiger charge is 2.06. The number of nitrogens with one attached hydrogen (secondary N) is 2. The van der Waals surface area contributed by atoms with Gasteiger partial charge >= 0.3 is 0 Å². The Hall–Kier alpha value is -1.26. The number of halogens is 1. The van der Waals surface area contributed by atoms with Gasteiger partial charge in [0, 0.05) is 12.6 Å². The van der Waals surface area contributed by atoms with E-state index in [1.165, 1.54) is 0 Å².